The van der Waals surface area contributed by atoms with Gasteiger partial charge < -0.3 is 10.2 Å². The predicted octanol–water partition coefficient (Wildman–Crippen LogP) is 7.12. The number of alkyl halides is 6. The third-order valence-corrected chi connectivity index (χ3v) is 6.08. The Balaban J connectivity index is 1.57. The van der Waals surface area contributed by atoms with Gasteiger partial charge in [-0.05, 0) is 66.9 Å². The maximum atomic E-state index is 13.4. The van der Waals surface area contributed by atoms with Crippen LogP contribution in [-0.4, -0.2) is 29.9 Å². The molecule has 0 atom stereocenters. The molecular formula is C27H23F6N3O2. The maximum absolute atomic E-state index is 13.4. The second kappa shape index (κ2) is 10.4. The first-order valence-corrected chi connectivity index (χ1v) is 11.6. The summed E-state index contributed by atoms with van der Waals surface area (Å²) in [5.74, 6) is -0.784. The molecule has 0 aliphatic carbocycles. The molecule has 3 aromatic rings. The van der Waals surface area contributed by atoms with Gasteiger partial charge in [-0.15, -0.1) is 0 Å². The summed E-state index contributed by atoms with van der Waals surface area (Å²) in [4.78, 5) is 29.0. The molecule has 0 bridgehead atoms. The van der Waals surface area contributed by atoms with Gasteiger partial charge in [0, 0.05) is 25.2 Å². The van der Waals surface area contributed by atoms with Crippen LogP contribution in [0.1, 0.15) is 39.0 Å². The molecule has 200 valence electrons. The summed E-state index contributed by atoms with van der Waals surface area (Å²) >= 11 is 0. The van der Waals surface area contributed by atoms with E-state index in [0.717, 1.165) is 35.9 Å². The zero-order valence-corrected chi connectivity index (χ0v) is 20.2. The highest BCUT2D eigenvalue weighted by Crippen LogP contribution is 2.33. The second-order valence-electron chi connectivity index (χ2n) is 8.96. The van der Waals surface area contributed by atoms with Gasteiger partial charge in [-0.3, -0.25) is 9.69 Å². The smallest absolute Gasteiger partial charge is 0.320 e. The van der Waals surface area contributed by atoms with Gasteiger partial charge in [0.1, 0.15) is 0 Å². The molecule has 1 fully saturated rings. The molecule has 1 N–H and O–H groups in total. The van der Waals surface area contributed by atoms with Crippen LogP contribution in [-0.2, 0) is 18.9 Å². The molecule has 0 aromatic heterocycles. The molecule has 0 radical (unpaired) electrons. The lowest BCUT2D eigenvalue weighted by Gasteiger charge is -2.36. The molecular weight excluding hydrogens is 512 g/mol. The van der Waals surface area contributed by atoms with E-state index in [0.29, 0.717) is 24.2 Å². The monoisotopic (exact) mass is 535 g/mol. The fourth-order valence-corrected chi connectivity index (χ4v) is 4.23. The van der Waals surface area contributed by atoms with Gasteiger partial charge in [-0.2, -0.15) is 26.3 Å². The van der Waals surface area contributed by atoms with E-state index in [4.69, 9.17) is 0 Å². The van der Waals surface area contributed by atoms with E-state index in [9.17, 15) is 35.9 Å². The van der Waals surface area contributed by atoms with E-state index in [1.54, 1.807) is 25.1 Å². The summed E-state index contributed by atoms with van der Waals surface area (Å²) in [5, 5.41) is 2.61. The van der Waals surface area contributed by atoms with Crippen LogP contribution in [0.4, 0.5) is 42.5 Å². The average Bonchev–Trinajstić information content (AvgIpc) is 2.85. The predicted molar refractivity (Wildman–Crippen MR) is 130 cm³/mol. The summed E-state index contributed by atoms with van der Waals surface area (Å²) in [7, 11) is 0. The van der Waals surface area contributed by atoms with Crippen molar-refractivity contribution in [1.29, 1.82) is 0 Å². The Bertz CT molecular complexity index is 1350. The number of aryl methyl sites for hydroxylation is 1. The SMILES string of the molecule is Cc1ccc(N2CCCN(Cc3cccc(C(F)(F)F)c3)C2=O)c(NC(=O)c2cccc(C(F)(F)F)c2)c1. The molecule has 1 heterocycles. The minimum Gasteiger partial charge on any atom is -0.320 e. The highest BCUT2D eigenvalue weighted by atomic mass is 19.4. The number of halogens is 6. The first-order chi connectivity index (χ1) is 17.8. The molecule has 1 saturated heterocycles. The van der Waals surface area contributed by atoms with Crippen LogP contribution in [0.2, 0.25) is 0 Å². The van der Waals surface area contributed by atoms with Crippen molar-refractivity contribution in [3.05, 3.63) is 94.5 Å². The summed E-state index contributed by atoms with van der Waals surface area (Å²) in [6.45, 7) is 2.31. The number of carbonyl (C=O) groups excluding carboxylic acids is 2. The molecule has 0 saturated carbocycles. The molecule has 0 unspecified atom stereocenters. The maximum Gasteiger partial charge on any atom is 0.416 e. The number of hydrogen-bond acceptors (Lipinski definition) is 2. The van der Waals surface area contributed by atoms with Crippen LogP contribution in [0.25, 0.3) is 0 Å². The number of nitrogens with zero attached hydrogens (tertiary/aromatic N) is 2. The number of hydrogen-bond donors (Lipinski definition) is 1. The van der Waals surface area contributed by atoms with E-state index in [2.05, 4.69) is 5.32 Å². The normalized spacial score (nSPS) is 14.6. The number of rotatable bonds is 5. The Morgan fingerprint density at radius 2 is 1.53 bits per heavy atom. The molecule has 38 heavy (non-hydrogen) atoms. The Kier molecular flexibility index (Phi) is 7.39. The lowest BCUT2D eigenvalue weighted by atomic mass is 10.1. The number of nitrogens with one attached hydrogen (secondary N) is 1. The van der Waals surface area contributed by atoms with Crippen molar-refractivity contribution in [2.75, 3.05) is 23.3 Å². The van der Waals surface area contributed by atoms with Crippen molar-refractivity contribution in [1.82, 2.24) is 4.90 Å². The van der Waals surface area contributed by atoms with Crippen LogP contribution < -0.4 is 10.2 Å². The zero-order valence-electron chi connectivity index (χ0n) is 20.2. The summed E-state index contributed by atoms with van der Waals surface area (Å²) < 4.78 is 78.6. The minimum absolute atomic E-state index is 0.0446. The molecule has 3 aromatic carbocycles. The molecule has 1 aliphatic heterocycles. The van der Waals surface area contributed by atoms with Crippen LogP contribution in [0.15, 0.2) is 66.7 Å². The lowest BCUT2D eigenvalue weighted by molar-refractivity contribution is -0.138. The molecule has 5 nitrogen and oxygen atoms in total. The fourth-order valence-electron chi connectivity index (χ4n) is 4.23. The van der Waals surface area contributed by atoms with Gasteiger partial charge in [0.25, 0.3) is 5.91 Å². The van der Waals surface area contributed by atoms with Gasteiger partial charge in [-0.25, -0.2) is 4.79 Å². The van der Waals surface area contributed by atoms with Gasteiger partial charge >= 0.3 is 18.4 Å². The summed E-state index contributed by atoms with van der Waals surface area (Å²) in [6, 6.07) is 13.2. The van der Waals surface area contributed by atoms with E-state index in [1.807, 2.05) is 0 Å². The summed E-state index contributed by atoms with van der Waals surface area (Å²) in [5.41, 5.74) is -0.379. The van der Waals surface area contributed by atoms with Crippen LogP contribution in [0.5, 0.6) is 0 Å². The van der Waals surface area contributed by atoms with E-state index in [1.165, 1.54) is 28.0 Å². The summed E-state index contributed by atoms with van der Waals surface area (Å²) in [6.07, 6.45) is -8.61. The quantitative estimate of drug-likeness (QED) is 0.354. The van der Waals surface area contributed by atoms with Crippen LogP contribution >= 0.6 is 0 Å². The molecule has 0 spiro atoms. The average molecular weight is 535 g/mol. The largest absolute Gasteiger partial charge is 0.416 e. The van der Waals surface area contributed by atoms with E-state index < -0.39 is 35.4 Å². The van der Waals surface area contributed by atoms with Gasteiger partial charge in [-0.1, -0.05) is 24.3 Å². The van der Waals surface area contributed by atoms with E-state index >= 15 is 0 Å². The Labute approximate surface area is 214 Å². The minimum atomic E-state index is -4.62. The number of amides is 3. The van der Waals surface area contributed by atoms with Crippen molar-refractivity contribution in [3.8, 4) is 0 Å². The standard InChI is InChI=1S/C27H23F6N3O2/c1-17-9-10-23(22(13-17)34-24(37)19-6-3-8-21(15-19)27(31,32)33)36-12-4-11-35(25(36)38)16-18-5-2-7-20(14-18)26(28,29)30/h2-3,5-10,13-15H,4,11-12,16H2,1H3,(H,34,37). The third-order valence-electron chi connectivity index (χ3n) is 6.08. The van der Waals surface area contributed by atoms with Gasteiger partial charge in [0.05, 0.1) is 22.5 Å². The molecule has 3 amide bonds. The molecule has 4 rings (SSSR count). The Morgan fingerprint density at radius 1 is 0.868 bits per heavy atom. The van der Waals surface area contributed by atoms with Crippen molar-refractivity contribution in [2.45, 2.75) is 32.2 Å². The highest BCUT2D eigenvalue weighted by Gasteiger charge is 2.33. The Morgan fingerprint density at radius 3 is 2.21 bits per heavy atom. The number of benzene rings is 3. The first kappa shape index (κ1) is 27.0. The first-order valence-electron chi connectivity index (χ1n) is 11.6. The van der Waals surface area contributed by atoms with Crippen LogP contribution in [0.3, 0.4) is 0 Å². The van der Waals surface area contributed by atoms with Gasteiger partial charge in [0.15, 0.2) is 0 Å². The molecule has 11 heteroatoms. The molecule has 1 aliphatic rings. The van der Waals surface area contributed by atoms with Gasteiger partial charge in [0.2, 0.25) is 0 Å². The Hall–Kier alpha value is -4.02. The fraction of sp³-hybridized carbons (Fsp3) is 0.259. The third kappa shape index (κ3) is 6.09. The number of carbonyl (C=O) groups is 2. The van der Waals surface area contributed by atoms with E-state index in [-0.39, 0.29) is 24.3 Å². The lowest BCUT2D eigenvalue weighted by Crippen LogP contribution is -2.49. The topological polar surface area (TPSA) is 52.6 Å². The van der Waals surface area contributed by atoms with Crippen molar-refractivity contribution < 1.29 is 35.9 Å². The van der Waals surface area contributed by atoms with Crippen molar-refractivity contribution >= 4 is 23.3 Å². The zero-order chi connectivity index (χ0) is 27.7. The second-order valence-corrected chi connectivity index (χ2v) is 8.96. The van der Waals surface area contributed by atoms with Crippen molar-refractivity contribution in [3.63, 3.8) is 0 Å². The number of anilines is 2. The van der Waals surface area contributed by atoms with Crippen molar-refractivity contribution in [2.24, 2.45) is 0 Å². The van der Waals surface area contributed by atoms with Crippen LogP contribution in [0, 0.1) is 6.92 Å². The highest BCUT2D eigenvalue weighted by molar-refractivity contribution is 6.07. The number of urea groups is 1.